The lowest BCUT2D eigenvalue weighted by molar-refractivity contribution is 0.110. The predicted octanol–water partition coefficient (Wildman–Crippen LogP) is 2.46. The fourth-order valence-corrected chi connectivity index (χ4v) is 2.62. The molecule has 1 heterocycles. The van der Waals surface area contributed by atoms with Gasteiger partial charge in [0, 0.05) is 18.8 Å². The summed E-state index contributed by atoms with van der Waals surface area (Å²) in [4.78, 5) is 2.12. The zero-order valence-electron chi connectivity index (χ0n) is 10.9. The second-order valence-electron chi connectivity index (χ2n) is 5.02. The van der Waals surface area contributed by atoms with Gasteiger partial charge >= 0.3 is 0 Å². The van der Waals surface area contributed by atoms with Crippen LogP contribution >= 0.6 is 12.2 Å². The Bertz CT molecular complexity index is 419. The van der Waals surface area contributed by atoms with Crippen LogP contribution in [0, 0.1) is 13.8 Å². The summed E-state index contributed by atoms with van der Waals surface area (Å²) in [6.07, 6.45) is 1.44. The van der Waals surface area contributed by atoms with Gasteiger partial charge in [0.25, 0.3) is 0 Å². The molecular weight excluding hydrogens is 244 g/mol. The van der Waals surface area contributed by atoms with Crippen molar-refractivity contribution in [2.75, 3.05) is 18.4 Å². The molecule has 1 aromatic carbocycles. The van der Waals surface area contributed by atoms with Crippen LogP contribution in [0.15, 0.2) is 18.2 Å². The standard InChI is InChI=1S/C14H20N2OS/c1-10-7-11(2)9-12(8-10)15-14(18)16-5-3-13(17)4-6-16/h7-9,13,17H,3-6H2,1-2H3,(H,15,18). The fourth-order valence-electron chi connectivity index (χ4n) is 2.32. The molecule has 0 amide bonds. The van der Waals surface area contributed by atoms with E-state index in [2.05, 4.69) is 42.3 Å². The van der Waals surface area contributed by atoms with E-state index in [1.54, 1.807) is 0 Å². The minimum Gasteiger partial charge on any atom is -0.393 e. The summed E-state index contributed by atoms with van der Waals surface area (Å²) < 4.78 is 0. The first kappa shape index (κ1) is 13.3. The van der Waals surface area contributed by atoms with Crippen molar-refractivity contribution in [3.8, 4) is 0 Å². The normalized spacial score (nSPS) is 16.7. The number of benzene rings is 1. The van der Waals surface area contributed by atoms with Crippen LogP contribution in [-0.2, 0) is 0 Å². The number of thiocarbonyl (C=S) groups is 1. The molecule has 98 valence electrons. The maximum Gasteiger partial charge on any atom is 0.173 e. The van der Waals surface area contributed by atoms with E-state index in [0.717, 1.165) is 36.7 Å². The third kappa shape index (κ3) is 3.43. The largest absolute Gasteiger partial charge is 0.393 e. The van der Waals surface area contributed by atoms with Gasteiger partial charge in [0.05, 0.1) is 6.10 Å². The number of rotatable bonds is 1. The zero-order chi connectivity index (χ0) is 13.1. The van der Waals surface area contributed by atoms with Gasteiger partial charge in [-0.2, -0.15) is 0 Å². The number of hydrogen-bond donors (Lipinski definition) is 2. The van der Waals surface area contributed by atoms with Gasteiger partial charge in [0.2, 0.25) is 0 Å². The van der Waals surface area contributed by atoms with E-state index in [-0.39, 0.29) is 6.10 Å². The van der Waals surface area contributed by atoms with Crippen LogP contribution in [0.5, 0.6) is 0 Å². The zero-order valence-corrected chi connectivity index (χ0v) is 11.8. The Balaban J connectivity index is 1.98. The Labute approximate surface area is 114 Å². The lowest BCUT2D eigenvalue weighted by Crippen LogP contribution is -2.42. The molecule has 1 fully saturated rings. The number of hydrogen-bond acceptors (Lipinski definition) is 2. The van der Waals surface area contributed by atoms with Crippen molar-refractivity contribution in [1.29, 1.82) is 0 Å². The third-order valence-corrected chi connectivity index (χ3v) is 3.58. The second kappa shape index (κ2) is 5.67. The number of nitrogens with zero attached hydrogens (tertiary/aromatic N) is 1. The molecule has 2 N–H and O–H groups in total. The van der Waals surface area contributed by atoms with E-state index in [9.17, 15) is 5.11 Å². The molecule has 0 aliphatic carbocycles. The molecule has 1 aliphatic heterocycles. The topological polar surface area (TPSA) is 35.5 Å². The molecule has 0 aromatic heterocycles. The van der Waals surface area contributed by atoms with E-state index in [0.29, 0.717) is 0 Å². The molecule has 0 radical (unpaired) electrons. The summed E-state index contributed by atoms with van der Waals surface area (Å²) in [6.45, 7) is 5.83. The van der Waals surface area contributed by atoms with Crippen molar-refractivity contribution in [1.82, 2.24) is 4.90 Å². The number of likely N-dealkylation sites (tertiary alicyclic amines) is 1. The predicted molar refractivity (Wildman–Crippen MR) is 79.0 cm³/mol. The van der Waals surface area contributed by atoms with Crippen molar-refractivity contribution >= 4 is 23.0 Å². The monoisotopic (exact) mass is 264 g/mol. The lowest BCUT2D eigenvalue weighted by Gasteiger charge is -2.31. The first-order valence-electron chi connectivity index (χ1n) is 6.37. The van der Waals surface area contributed by atoms with Gasteiger partial charge < -0.3 is 15.3 Å². The minimum atomic E-state index is -0.162. The minimum absolute atomic E-state index is 0.162. The number of nitrogens with one attached hydrogen (secondary N) is 1. The average molecular weight is 264 g/mol. The van der Waals surface area contributed by atoms with Crippen molar-refractivity contribution in [3.05, 3.63) is 29.3 Å². The second-order valence-corrected chi connectivity index (χ2v) is 5.41. The number of aryl methyl sites for hydroxylation is 2. The molecule has 1 saturated heterocycles. The Kier molecular flexibility index (Phi) is 4.19. The molecular formula is C14H20N2OS. The first-order valence-corrected chi connectivity index (χ1v) is 6.78. The SMILES string of the molecule is Cc1cc(C)cc(NC(=S)N2CCC(O)CC2)c1. The summed E-state index contributed by atoms with van der Waals surface area (Å²) >= 11 is 5.41. The highest BCUT2D eigenvalue weighted by molar-refractivity contribution is 7.80. The highest BCUT2D eigenvalue weighted by Gasteiger charge is 2.18. The Morgan fingerprint density at radius 3 is 2.33 bits per heavy atom. The summed E-state index contributed by atoms with van der Waals surface area (Å²) in [5, 5.41) is 13.5. The number of piperidine rings is 1. The maximum absolute atomic E-state index is 9.48. The summed E-state index contributed by atoms with van der Waals surface area (Å²) in [5.74, 6) is 0. The Morgan fingerprint density at radius 2 is 1.78 bits per heavy atom. The van der Waals surface area contributed by atoms with E-state index in [4.69, 9.17) is 12.2 Å². The maximum atomic E-state index is 9.48. The van der Waals surface area contributed by atoms with Crippen LogP contribution in [0.2, 0.25) is 0 Å². The molecule has 0 atom stereocenters. The van der Waals surface area contributed by atoms with Gasteiger partial charge in [-0.3, -0.25) is 0 Å². The van der Waals surface area contributed by atoms with Crippen molar-refractivity contribution in [2.45, 2.75) is 32.8 Å². The molecule has 3 nitrogen and oxygen atoms in total. The van der Waals surface area contributed by atoms with E-state index < -0.39 is 0 Å². The molecule has 0 saturated carbocycles. The molecule has 2 rings (SSSR count). The molecule has 0 unspecified atom stereocenters. The van der Waals surface area contributed by atoms with Crippen molar-refractivity contribution < 1.29 is 5.11 Å². The average Bonchev–Trinajstić information content (AvgIpc) is 2.28. The number of aliphatic hydroxyl groups is 1. The van der Waals surface area contributed by atoms with Crippen LogP contribution in [0.25, 0.3) is 0 Å². The van der Waals surface area contributed by atoms with Crippen LogP contribution in [0.1, 0.15) is 24.0 Å². The molecule has 4 heteroatoms. The smallest absolute Gasteiger partial charge is 0.173 e. The van der Waals surface area contributed by atoms with Crippen LogP contribution in [0.4, 0.5) is 5.69 Å². The van der Waals surface area contributed by atoms with Crippen molar-refractivity contribution in [2.24, 2.45) is 0 Å². The first-order chi connectivity index (χ1) is 8.54. The quantitative estimate of drug-likeness (QED) is 0.764. The molecule has 1 aromatic rings. The fraction of sp³-hybridized carbons (Fsp3) is 0.500. The van der Waals surface area contributed by atoms with E-state index in [1.165, 1.54) is 11.1 Å². The molecule has 1 aliphatic rings. The Hall–Kier alpha value is -1.13. The lowest BCUT2D eigenvalue weighted by atomic mass is 10.1. The van der Waals surface area contributed by atoms with Gasteiger partial charge in [0.15, 0.2) is 5.11 Å². The van der Waals surface area contributed by atoms with Gasteiger partial charge in [-0.25, -0.2) is 0 Å². The van der Waals surface area contributed by atoms with Gasteiger partial charge in [0.1, 0.15) is 0 Å². The third-order valence-electron chi connectivity index (χ3n) is 3.22. The highest BCUT2D eigenvalue weighted by Crippen LogP contribution is 2.16. The van der Waals surface area contributed by atoms with Crippen LogP contribution in [-0.4, -0.2) is 34.3 Å². The van der Waals surface area contributed by atoms with Crippen LogP contribution in [0.3, 0.4) is 0 Å². The van der Waals surface area contributed by atoms with E-state index in [1.807, 2.05) is 0 Å². The Morgan fingerprint density at radius 1 is 1.22 bits per heavy atom. The summed E-state index contributed by atoms with van der Waals surface area (Å²) in [5.41, 5.74) is 3.51. The van der Waals surface area contributed by atoms with E-state index >= 15 is 0 Å². The van der Waals surface area contributed by atoms with Gasteiger partial charge in [-0.15, -0.1) is 0 Å². The molecule has 18 heavy (non-hydrogen) atoms. The van der Waals surface area contributed by atoms with Crippen LogP contribution < -0.4 is 5.32 Å². The van der Waals surface area contributed by atoms with Gasteiger partial charge in [-0.05, 0) is 62.2 Å². The number of aliphatic hydroxyl groups excluding tert-OH is 1. The van der Waals surface area contributed by atoms with Crippen molar-refractivity contribution in [3.63, 3.8) is 0 Å². The summed E-state index contributed by atoms with van der Waals surface area (Å²) in [7, 11) is 0. The number of anilines is 1. The molecule has 0 spiro atoms. The highest BCUT2D eigenvalue weighted by atomic mass is 32.1. The van der Waals surface area contributed by atoms with Gasteiger partial charge in [-0.1, -0.05) is 6.07 Å². The summed E-state index contributed by atoms with van der Waals surface area (Å²) in [6, 6.07) is 6.33. The molecule has 0 bridgehead atoms.